The van der Waals surface area contributed by atoms with E-state index in [4.69, 9.17) is 37.7 Å². The number of carbonyl (C=O) groups is 3. The van der Waals surface area contributed by atoms with E-state index in [2.05, 4.69) is 51.8 Å². The zero-order valence-electron chi connectivity index (χ0n) is 25.0. The molecular formula is C33H39ClN2O8. The minimum Gasteiger partial charge on any atom is -0.491 e. The van der Waals surface area contributed by atoms with Gasteiger partial charge < -0.3 is 34.2 Å². The van der Waals surface area contributed by atoms with Crippen LogP contribution in [0, 0.1) is 12.3 Å². The van der Waals surface area contributed by atoms with Crippen LogP contribution in [0.15, 0.2) is 60.7 Å². The van der Waals surface area contributed by atoms with Crippen LogP contribution >= 0.6 is 11.6 Å². The molecule has 0 unspecified atom stereocenters. The molecule has 0 radical (unpaired) electrons. The van der Waals surface area contributed by atoms with E-state index in [9.17, 15) is 14.4 Å². The molecule has 1 aliphatic heterocycles. The van der Waals surface area contributed by atoms with E-state index in [0.29, 0.717) is 38.5 Å². The average Bonchev–Trinajstić information content (AvgIpc) is 3.14. The summed E-state index contributed by atoms with van der Waals surface area (Å²) in [6, 6.07) is 12.5. The molecule has 0 bridgehead atoms. The first-order chi connectivity index (χ1) is 21.1. The van der Waals surface area contributed by atoms with Gasteiger partial charge in [0.25, 0.3) is 0 Å². The van der Waals surface area contributed by atoms with Crippen molar-refractivity contribution < 1.29 is 38.8 Å². The van der Waals surface area contributed by atoms with Crippen LogP contribution in [0.4, 0.5) is 11.4 Å². The molecule has 236 valence electrons. The summed E-state index contributed by atoms with van der Waals surface area (Å²) in [6.45, 7) is 3.74. The Labute approximate surface area is 263 Å². The lowest BCUT2D eigenvalue weighted by atomic mass is 10.0. The van der Waals surface area contributed by atoms with Crippen molar-refractivity contribution in [1.82, 2.24) is 4.90 Å². The molecule has 0 fully saturated rings. The van der Waals surface area contributed by atoms with E-state index in [1.165, 1.54) is 35.7 Å². The van der Waals surface area contributed by atoms with Gasteiger partial charge in [-0.25, -0.2) is 14.4 Å². The second-order valence-electron chi connectivity index (χ2n) is 9.73. The largest absolute Gasteiger partial charge is 0.491 e. The van der Waals surface area contributed by atoms with Crippen LogP contribution in [0.1, 0.15) is 24.0 Å². The average molecular weight is 627 g/mol. The van der Waals surface area contributed by atoms with Gasteiger partial charge in [-0.05, 0) is 80.7 Å². The zero-order valence-corrected chi connectivity index (χ0v) is 25.8. The van der Waals surface area contributed by atoms with Gasteiger partial charge in [0, 0.05) is 47.7 Å². The van der Waals surface area contributed by atoms with Gasteiger partial charge in [0.1, 0.15) is 19.0 Å². The van der Waals surface area contributed by atoms with E-state index in [1.807, 2.05) is 18.2 Å². The van der Waals surface area contributed by atoms with Crippen molar-refractivity contribution in [1.29, 1.82) is 0 Å². The summed E-state index contributed by atoms with van der Waals surface area (Å²) < 4.78 is 15.8. The minimum absolute atomic E-state index is 0.295. The predicted molar refractivity (Wildman–Crippen MR) is 170 cm³/mol. The highest BCUT2D eigenvalue weighted by molar-refractivity contribution is 6.30. The summed E-state index contributed by atoms with van der Waals surface area (Å²) in [4.78, 5) is 34.9. The van der Waals surface area contributed by atoms with Crippen LogP contribution in [-0.4, -0.2) is 86.6 Å². The number of hydrogen-bond donors (Lipinski definition) is 2. The highest BCUT2D eigenvalue weighted by atomic mass is 35.5. The summed E-state index contributed by atoms with van der Waals surface area (Å²) in [5.74, 6) is 0.454. The van der Waals surface area contributed by atoms with Gasteiger partial charge in [0.15, 0.2) is 0 Å². The number of benzene rings is 2. The fourth-order valence-electron chi connectivity index (χ4n) is 4.39. The standard InChI is InChI=1S/C29H35ClN2O4.C4H4O4/c1-4-18-35-19-20-36-26-13-14-27-24(21-26)10-9-23-11-12-25(30)22-28(23)32(27)17-6-5-15-31(2)16-7-8-29(33)34-3;5-3(6)1-2-4(7)8/h1,7-8,11-14,21-22H,5-6,9-10,15-20H2,2-3H3;1-2H,(H,5,6)(H,7,8)/b8-7+;2-1-. The van der Waals surface area contributed by atoms with Gasteiger partial charge >= 0.3 is 17.9 Å². The number of anilines is 2. The van der Waals surface area contributed by atoms with E-state index in [0.717, 1.165) is 49.5 Å². The molecule has 0 spiro atoms. The number of rotatable bonds is 15. The number of aliphatic carboxylic acids is 2. The molecule has 2 aromatic carbocycles. The molecule has 1 heterocycles. The van der Waals surface area contributed by atoms with E-state index in [-0.39, 0.29) is 5.97 Å². The van der Waals surface area contributed by atoms with Crippen molar-refractivity contribution in [2.75, 3.05) is 58.5 Å². The number of carbonyl (C=O) groups excluding carboxylic acids is 1. The third kappa shape index (κ3) is 13.3. The fraction of sp³-hybridized carbons (Fsp3) is 0.364. The molecule has 2 aromatic rings. The number of terminal acetylenes is 1. The van der Waals surface area contributed by atoms with Crippen LogP contribution in [0.3, 0.4) is 0 Å². The minimum atomic E-state index is -1.26. The van der Waals surface area contributed by atoms with E-state index >= 15 is 0 Å². The number of ether oxygens (including phenoxy) is 3. The predicted octanol–water partition coefficient (Wildman–Crippen LogP) is 4.76. The highest BCUT2D eigenvalue weighted by Crippen LogP contribution is 2.39. The number of esters is 1. The first kappa shape index (κ1) is 35.9. The lowest BCUT2D eigenvalue weighted by Crippen LogP contribution is -2.23. The number of halogens is 1. The van der Waals surface area contributed by atoms with Gasteiger partial charge in [0.2, 0.25) is 0 Å². The van der Waals surface area contributed by atoms with Crippen LogP contribution in [0.25, 0.3) is 0 Å². The Hall–Kier alpha value is -4.30. The maximum Gasteiger partial charge on any atom is 0.330 e. The SMILES string of the molecule is C#CCOCCOc1ccc2c(c1)CCc1ccc(Cl)cc1N2CCCCN(C)C/C=C/C(=O)OC.O=C(O)/C=C\C(=O)O. The van der Waals surface area contributed by atoms with Crippen molar-refractivity contribution in [2.45, 2.75) is 25.7 Å². The number of likely N-dealkylation sites (N-methyl/N-ethyl adjacent to an activating group) is 1. The molecule has 1 aliphatic rings. The topological polar surface area (TPSA) is 126 Å². The summed E-state index contributed by atoms with van der Waals surface area (Å²) >= 11 is 6.41. The Bertz CT molecular complexity index is 1340. The molecule has 2 N–H and O–H groups in total. The van der Waals surface area contributed by atoms with Crippen LogP contribution in [0.2, 0.25) is 5.02 Å². The lowest BCUT2D eigenvalue weighted by Gasteiger charge is -2.28. The van der Waals surface area contributed by atoms with Crippen molar-refractivity contribution in [3.05, 3.63) is 76.9 Å². The summed E-state index contributed by atoms with van der Waals surface area (Å²) in [5.41, 5.74) is 4.92. The number of hydrogen-bond acceptors (Lipinski definition) is 8. The molecule has 44 heavy (non-hydrogen) atoms. The van der Waals surface area contributed by atoms with Crippen molar-refractivity contribution in [3.63, 3.8) is 0 Å². The molecule has 0 saturated heterocycles. The lowest BCUT2D eigenvalue weighted by molar-refractivity contribution is -0.135. The first-order valence-corrected chi connectivity index (χ1v) is 14.4. The summed E-state index contributed by atoms with van der Waals surface area (Å²) in [7, 11) is 3.44. The van der Waals surface area contributed by atoms with Gasteiger partial charge in [-0.2, -0.15) is 0 Å². The van der Waals surface area contributed by atoms with Crippen molar-refractivity contribution in [3.8, 4) is 18.1 Å². The molecule has 11 heteroatoms. The maximum absolute atomic E-state index is 11.2. The van der Waals surface area contributed by atoms with Crippen LogP contribution in [-0.2, 0) is 36.7 Å². The summed E-state index contributed by atoms with van der Waals surface area (Å²) in [5, 5.41) is 16.4. The Morgan fingerprint density at radius 1 is 1.00 bits per heavy atom. The zero-order chi connectivity index (χ0) is 32.3. The molecule has 10 nitrogen and oxygen atoms in total. The van der Waals surface area contributed by atoms with Crippen LogP contribution < -0.4 is 9.64 Å². The Morgan fingerprint density at radius 2 is 1.73 bits per heavy atom. The number of methoxy groups -OCH3 is 1. The van der Waals surface area contributed by atoms with E-state index < -0.39 is 11.9 Å². The normalized spacial score (nSPS) is 12.1. The first-order valence-electron chi connectivity index (χ1n) is 14.0. The number of carboxylic acids is 2. The summed E-state index contributed by atoms with van der Waals surface area (Å²) in [6.07, 6.45) is 13.5. The fourth-order valence-corrected chi connectivity index (χ4v) is 4.55. The monoisotopic (exact) mass is 626 g/mol. The smallest absolute Gasteiger partial charge is 0.330 e. The molecule has 0 aromatic heterocycles. The highest BCUT2D eigenvalue weighted by Gasteiger charge is 2.21. The second kappa shape index (κ2) is 19.8. The molecular weight excluding hydrogens is 588 g/mol. The van der Waals surface area contributed by atoms with Gasteiger partial charge in [0.05, 0.1) is 13.7 Å². The van der Waals surface area contributed by atoms with Gasteiger partial charge in [-0.1, -0.05) is 29.7 Å². The van der Waals surface area contributed by atoms with Crippen molar-refractivity contribution in [2.24, 2.45) is 0 Å². The van der Waals surface area contributed by atoms with E-state index in [1.54, 1.807) is 0 Å². The maximum atomic E-state index is 11.2. The van der Waals surface area contributed by atoms with Gasteiger partial charge in [-0.15, -0.1) is 6.42 Å². The third-order valence-corrected chi connectivity index (χ3v) is 6.67. The number of unbranched alkanes of at least 4 members (excludes halogenated alkanes) is 1. The number of carboxylic acid groups (broad SMARTS) is 2. The molecule has 3 rings (SSSR count). The third-order valence-electron chi connectivity index (χ3n) is 6.44. The molecule has 0 amide bonds. The molecule has 0 saturated carbocycles. The van der Waals surface area contributed by atoms with Crippen molar-refractivity contribution >= 4 is 40.9 Å². The Kier molecular flexibility index (Phi) is 16.2. The number of aryl methyl sites for hydroxylation is 2. The Morgan fingerprint density at radius 3 is 2.41 bits per heavy atom. The number of nitrogens with zero attached hydrogens (tertiary/aromatic N) is 2. The molecule has 0 atom stereocenters. The quantitative estimate of drug-likeness (QED) is 0.124. The van der Waals surface area contributed by atoms with Gasteiger partial charge in [-0.3, -0.25) is 0 Å². The number of fused-ring (bicyclic) bond motifs is 2. The van der Waals surface area contributed by atoms with Crippen LogP contribution in [0.5, 0.6) is 5.75 Å². The second-order valence-corrected chi connectivity index (χ2v) is 10.2. The Balaban J connectivity index is 0.000000742. The molecule has 0 aliphatic carbocycles.